The normalized spacial score (nSPS) is 17.4. The number of hydrogen-bond donors (Lipinski definition) is 0. The number of thioether (sulfide) groups is 1. The highest BCUT2D eigenvalue weighted by Gasteiger charge is 2.35. The zero-order valence-electron chi connectivity index (χ0n) is 13.7. The van der Waals surface area contributed by atoms with Gasteiger partial charge >= 0.3 is 6.18 Å². The van der Waals surface area contributed by atoms with E-state index in [2.05, 4.69) is 15.9 Å². The third kappa shape index (κ3) is 3.86. The number of ether oxygens (including phenoxy) is 1. The minimum Gasteiger partial charge on any atom is -0.496 e. The number of amides is 1. The first-order valence-electron chi connectivity index (χ1n) is 7.74. The number of halogens is 4. The summed E-state index contributed by atoms with van der Waals surface area (Å²) in [5.41, 5.74) is 0.0118. The molecule has 2 aromatic carbocycles. The van der Waals surface area contributed by atoms with Gasteiger partial charge in [0.15, 0.2) is 0 Å². The van der Waals surface area contributed by atoms with Gasteiger partial charge < -0.3 is 9.64 Å². The van der Waals surface area contributed by atoms with Crippen LogP contribution in [0.4, 0.5) is 13.2 Å². The molecule has 1 fully saturated rings. The van der Waals surface area contributed by atoms with E-state index < -0.39 is 17.6 Å². The molecule has 1 heterocycles. The predicted molar refractivity (Wildman–Crippen MR) is 98.4 cm³/mol. The fraction of sp³-hybridized carbons (Fsp3) is 0.278. The average molecular weight is 446 g/mol. The molecular formula is C18H15BrF3NO2S. The molecule has 0 N–H and O–H groups in total. The first-order chi connectivity index (χ1) is 12.3. The smallest absolute Gasteiger partial charge is 0.416 e. The van der Waals surface area contributed by atoms with Crippen LogP contribution < -0.4 is 4.74 Å². The van der Waals surface area contributed by atoms with Gasteiger partial charge in [0.25, 0.3) is 5.91 Å². The van der Waals surface area contributed by atoms with E-state index >= 15 is 0 Å². The van der Waals surface area contributed by atoms with E-state index in [4.69, 9.17) is 4.74 Å². The van der Waals surface area contributed by atoms with Crippen molar-refractivity contribution in [1.82, 2.24) is 4.90 Å². The summed E-state index contributed by atoms with van der Waals surface area (Å²) in [5.74, 6) is 0.910. The molecule has 0 radical (unpaired) electrons. The Labute approximate surface area is 161 Å². The molecule has 2 aromatic rings. The van der Waals surface area contributed by atoms with Gasteiger partial charge in [0, 0.05) is 27.9 Å². The minimum atomic E-state index is -4.48. The lowest BCUT2D eigenvalue weighted by Crippen LogP contribution is -2.30. The molecule has 8 heteroatoms. The molecule has 0 bridgehead atoms. The lowest BCUT2D eigenvalue weighted by Gasteiger charge is -2.26. The van der Waals surface area contributed by atoms with E-state index in [1.54, 1.807) is 29.8 Å². The average Bonchev–Trinajstić information content (AvgIpc) is 3.10. The quantitative estimate of drug-likeness (QED) is 0.636. The summed E-state index contributed by atoms with van der Waals surface area (Å²) in [7, 11) is 1.55. The Kier molecular flexibility index (Phi) is 5.53. The highest BCUT2D eigenvalue weighted by Crippen LogP contribution is 2.43. The summed E-state index contributed by atoms with van der Waals surface area (Å²) < 4.78 is 45.1. The zero-order valence-corrected chi connectivity index (χ0v) is 16.1. The molecule has 1 atom stereocenters. The van der Waals surface area contributed by atoms with E-state index in [9.17, 15) is 18.0 Å². The number of hydrogen-bond acceptors (Lipinski definition) is 3. The first kappa shape index (κ1) is 19.1. The van der Waals surface area contributed by atoms with Crippen molar-refractivity contribution >= 4 is 33.6 Å². The number of carbonyl (C=O) groups excluding carboxylic acids is 1. The van der Waals surface area contributed by atoms with Crippen molar-refractivity contribution in [2.24, 2.45) is 0 Å². The van der Waals surface area contributed by atoms with Gasteiger partial charge in [-0.15, -0.1) is 11.8 Å². The van der Waals surface area contributed by atoms with Gasteiger partial charge in [0.05, 0.1) is 12.7 Å². The summed E-state index contributed by atoms with van der Waals surface area (Å²) in [5, 5.41) is -0.315. The number of methoxy groups -OCH3 is 1. The van der Waals surface area contributed by atoms with Crippen molar-refractivity contribution in [3.63, 3.8) is 0 Å². The molecule has 138 valence electrons. The lowest BCUT2D eigenvalue weighted by atomic mass is 10.1. The summed E-state index contributed by atoms with van der Waals surface area (Å²) in [4.78, 5) is 14.5. The van der Waals surface area contributed by atoms with Gasteiger partial charge in [-0.05, 0) is 36.4 Å². The largest absolute Gasteiger partial charge is 0.496 e. The summed E-state index contributed by atoms with van der Waals surface area (Å²) in [6.45, 7) is 0.458. The molecule has 1 amide bonds. The van der Waals surface area contributed by atoms with Crippen molar-refractivity contribution in [1.29, 1.82) is 0 Å². The van der Waals surface area contributed by atoms with Gasteiger partial charge in [0.2, 0.25) is 0 Å². The Hall–Kier alpha value is -1.67. The Morgan fingerprint density at radius 1 is 1.27 bits per heavy atom. The molecule has 0 aromatic heterocycles. The number of benzene rings is 2. The molecule has 3 rings (SSSR count). The van der Waals surface area contributed by atoms with Crippen LogP contribution in [-0.4, -0.2) is 30.2 Å². The van der Waals surface area contributed by atoms with Crippen LogP contribution in [0.2, 0.25) is 0 Å². The van der Waals surface area contributed by atoms with E-state index in [0.29, 0.717) is 18.0 Å². The van der Waals surface area contributed by atoms with Gasteiger partial charge in [0.1, 0.15) is 11.1 Å². The Balaban J connectivity index is 1.94. The SMILES string of the molecule is COc1ccc(Br)cc1C1SCCN1C(=O)c1cccc(C(F)(F)F)c1. The van der Waals surface area contributed by atoms with Gasteiger partial charge in [-0.2, -0.15) is 13.2 Å². The molecular weight excluding hydrogens is 431 g/mol. The Morgan fingerprint density at radius 3 is 2.73 bits per heavy atom. The van der Waals surface area contributed by atoms with E-state index in [0.717, 1.165) is 22.2 Å². The second-order valence-electron chi connectivity index (χ2n) is 5.69. The van der Waals surface area contributed by atoms with Crippen LogP contribution in [0.25, 0.3) is 0 Å². The van der Waals surface area contributed by atoms with Crippen molar-refractivity contribution < 1.29 is 22.7 Å². The highest BCUT2D eigenvalue weighted by atomic mass is 79.9. The predicted octanol–water partition coefficient (Wildman–Crippen LogP) is 5.36. The Morgan fingerprint density at radius 2 is 2.04 bits per heavy atom. The summed E-state index contributed by atoms with van der Waals surface area (Å²) in [6.07, 6.45) is -4.48. The molecule has 1 aliphatic heterocycles. The van der Waals surface area contributed by atoms with Crippen LogP contribution in [0, 0.1) is 0 Å². The maximum Gasteiger partial charge on any atom is 0.416 e. The van der Waals surface area contributed by atoms with Gasteiger partial charge in [-0.1, -0.05) is 22.0 Å². The van der Waals surface area contributed by atoms with Crippen LogP contribution in [-0.2, 0) is 6.18 Å². The molecule has 0 saturated carbocycles. The van der Waals surface area contributed by atoms with Crippen LogP contribution in [0.1, 0.15) is 26.9 Å². The van der Waals surface area contributed by atoms with Crippen LogP contribution in [0.3, 0.4) is 0 Å². The van der Waals surface area contributed by atoms with Crippen LogP contribution in [0.15, 0.2) is 46.9 Å². The van der Waals surface area contributed by atoms with Crippen LogP contribution >= 0.6 is 27.7 Å². The Bertz CT molecular complexity index is 828. The van der Waals surface area contributed by atoms with Crippen molar-refractivity contribution in [2.75, 3.05) is 19.4 Å². The minimum absolute atomic E-state index is 0.0290. The van der Waals surface area contributed by atoms with Crippen molar-refractivity contribution in [3.8, 4) is 5.75 Å². The van der Waals surface area contributed by atoms with Crippen LogP contribution in [0.5, 0.6) is 5.75 Å². The standard InChI is InChI=1S/C18H15BrF3NO2S/c1-25-15-6-5-13(19)10-14(15)17-23(7-8-26-17)16(24)11-3-2-4-12(9-11)18(20,21)22/h2-6,9-10,17H,7-8H2,1H3. The molecule has 1 aliphatic rings. The lowest BCUT2D eigenvalue weighted by molar-refractivity contribution is -0.137. The number of rotatable bonds is 3. The number of alkyl halides is 3. The molecule has 1 unspecified atom stereocenters. The van der Waals surface area contributed by atoms with Gasteiger partial charge in [-0.25, -0.2) is 0 Å². The molecule has 0 aliphatic carbocycles. The highest BCUT2D eigenvalue weighted by molar-refractivity contribution is 9.10. The monoisotopic (exact) mass is 445 g/mol. The van der Waals surface area contributed by atoms with Crippen molar-refractivity contribution in [2.45, 2.75) is 11.6 Å². The van der Waals surface area contributed by atoms with E-state index in [1.807, 2.05) is 12.1 Å². The maximum atomic E-state index is 12.9. The summed E-state index contributed by atoms with van der Waals surface area (Å²) in [6, 6.07) is 10.0. The summed E-state index contributed by atoms with van der Waals surface area (Å²) >= 11 is 4.97. The third-order valence-corrected chi connectivity index (χ3v) is 5.78. The van der Waals surface area contributed by atoms with E-state index in [1.165, 1.54) is 12.1 Å². The molecule has 1 saturated heterocycles. The molecule has 26 heavy (non-hydrogen) atoms. The zero-order chi connectivity index (χ0) is 18.9. The fourth-order valence-corrected chi connectivity index (χ4v) is 4.48. The first-order valence-corrected chi connectivity index (χ1v) is 9.58. The van der Waals surface area contributed by atoms with Crippen molar-refractivity contribution in [3.05, 3.63) is 63.6 Å². The molecule has 0 spiro atoms. The fourth-order valence-electron chi connectivity index (χ4n) is 2.83. The topological polar surface area (TPSA) is 29.5 Å². The second kappa shape index (κ2) is 7.52. The maximum absolute atomic E-state index is 12.9. The second-order valence-corrected chi connectivity index (χ2v) is 7.79. The van der Waals surface area contributed by atoms with E-state index in [-0.39, 0.29) is 10.9 Å². The number of carbonyl (C=O) groups is 1. The number of nitrogens with zero attached hydrogens (tertiary/aromatic N) is 1. The third-order valence-electron chi connectivity index (χ3n) is 4.05. The van der Waals surface area contributed by atoms with Gasteiger partial charge in [-0.3, -0.25) is 4.79 Å². The molecule has 3 nitrogen and oxygen atoms in total.